The lowest BCUT2D eigenvalue weighted by Gasteiger charge is -2.09. The van der Waals surface area contributed by atoms with Crippen molar-refractivity contribution in [3.63, 3.8) is 0 Å². The molecule has 1 heterocycles. The van der Waals surface area contributed by atoms with Gasteiger partial charge in [-0.05, 0) is 0 Å². The van der Waals surface area contributed by atoms with E-state index in [1.807, 2.05) is 0 Å². The van der Waals surface area contributed by atoms with E-state index in [0.29, 0.717) is 31.9 Å². The van der Waals surface area contributed by atoms with Gasteiger partial charge in [0.25, 0.3) is 5.56 Å². The van der Waals surface area contributed by atoms with Crippen molar-refractivity contribution < 1.29 is 9.53 Å². The molecule has 1 amide bonds. The molecule has 0 aliphatic carbocycles. The van der Waals surface area contributed by atoms with Crippen LogP contribution < -0.4 is 16.2 Å². The highest BCUT2D eigenvalue weighted by Crippen LogP contribution is 2.14. The van der Waals surface area contributed by atoms with Crippen LogP contribution in [0, 0.1) is 0 Å². The summed E-state index contributed by atoms with van der Waals surface area (Å²) in [6.07, 6.45) is 3.27. The van der Waals surface area contributed by atoms with Crippen molar-refractivity contribution in [1.29, 1.82) is 0 Å². The summed E-state index contributed by atoms with van der Waals surface area (Å²) in [5, 5.41) is 9.61. The molecule has 0 bridgehead atoms. The molecule has 0 aromatic carbocycles. The van der Waals surface area contributed by atoms with E-state index in [0.717, 1.165) is 0 Å². The normalized spacial score (nSPS) is 10.2. The number of carbonyl (C=O) groups excluding carboxylic acids is 1. The predicted molar refractivity (Wildman–Crippen MR) is 81.7 cm³/mol. The van der Waals surface area contributed by atoms with Gasteiger partial charge in [0.2, 0.25) is 5.91 Å². The number of amides is 1. The zero-order valence-corrected chi connectivity index (χ0v) is 12.7. The van der Waals surface area contributed by atoms with Crippen LogP contribution in [-0.2, 0) is 16.1 Å². The first kappa shape index (κ1) is 17.2. The van der Waals surface area contributed by atoms with Gasteiger partial charge in [-0.1, -0.05) is 17.7 Å². The summed E-state index contributed by atoms with van der Waals surface area (Å²) in [6.45, 7) is 5.12. The zero-order valence-electron chi connectivity index (χ0n) is 11.9. The highest BCUT2D eigenvalue weighted by atomic mass is 35.5. The molecule has 0 aliphatic heterocycles. The first-order chi connectivity index (χ1) is 10.1. The minimum Gasteiger partial charge on any atom is -0.383 e. The largest absolute Gasteiger partial charge is 0.383 e. The summed E-state index contributed by atoms with van der Waals surface area (Å²) >= 11 is 5.96. The smallest absolute Gasteiger partial charge is 0.287 e. The number of hydrogen-bond acceptors (Lipinski definition) is 5. The van der Waals surface area contributed by atoms with E-state index in [4.69, 9.17) is 16.3 Å². The van der Waals surface area contributed by atoms with E-state index in [2.05, 4.69) is 22.3 Å². The number of ether oxygens (including phenoxy) is 1. The van der Waals surface area contributed by atoms with Crippen LogP contribution >= 0.6 is 11.6 Å². The Kier molecular flexibility index (Phi) is 7.49. The van der Waals surface area contributed by atoms with E-state index in [1.165, 1.54) is 10.9 Å². The van der Waals surface area contributed by atoms with Gasteiger partial charge in [0, 0.05) is 26.6 Å². The monoisotopic (exact) mass is 314 g/mol. The number of rotatable bonds is 9. The molecule has 1 aromatic heterocycles. The molecule has 0 fully saturated rings. The van der Waals surface area contributed by atoms with Gasteiger partial charge in [0.15, 0.2) is 0 Å². The molecule has 0 aliphatic rings. The van der Waals surface area contributed by atoms with Crippen LogP contribution in [0.3, 0.4) is 0 Å². The lowest BCUT2D eigenvalue weighted by molar-refractivity contribution is -0.121. The summed E-state index contributed by atoms with van der Waals surface area (Å²) in [7, 11) is 1.57. The number of aromatic nitrogens is 2. The van der Waals surface area contributed by atoms with Crippen LogP contribution in [0.15, 0.2) is 23.6 Å². The van der Waals surface area contributed by atoms with Crippen molar-refractivity contribution in [3.05, 3.63) is 34.2 Å². The summed E-state index contributed by atoms with van der Waals surface area (Å²) in [4.78, 5) is 23.3. The van der Waals surface area contributed by atoms with E-state index in [-0.39, 0.29) is 17.4 Å². The summed E-state index contributed by atoms with van der Waals surface area (Å²) < 4.78 is 6.03. The molecule has 0 saturated carbocycles. The molecule has 0 atom stereocenters. The fourth-order valence-corrected chi connectivity index (χ4v) is 1.75. The minimum atomic E-state index is -0.397. The molecule has 0 radical (unpaired) electrons. The maximum Gasteiger partial charge on any atom is 0.287 e. The Morgan fingerprint density at radius 1 is 1.57 bits per heavy atom. The van der Waals surface area contributed by atoms with Crippen LogP contribution in [0.4, 0.5) is 5.69 Å². The van der Waals surface area contributed by atoms with Crippen LogP contribution in [0.25, 0.3) is 0 Å². The highest BCUT2D eigenvalue weighted by molar-refractivity contribution is 6.32. The number of halogens is 1. The van der Waals surface area contributed by atoms with Crippen LogP contribution in [0.1, 0.15) is 6.42 Å². The number of allylic oxidation sites excluding steroid dienone is 1. The minimum absolute atomic E-state index is 0.0478. The SMILES string of the molecule is C=CCn1ncc(NCCC(=O)NCCOC)c(Cl)c1=O. The third-order valence-electron chi connectivity index (χ3n) is 2.58. The Morgan fingerprint density at radius 3 is 3.00 bits per heavy atom. The molecule has 8 heteroatoms. The van der Waals surface area contributed by atoms with Gasteiger partial charge in [0.1, 0.15) is 5.02 Å². The summed E-state index contributed by atoms with van der Waals surface area (Å²) in [5.74, 6) is -0.108. The number of nitrogens with one attached hydrogen (secondary N) is 2. The van der Waals surface area contributed by atoms with Crippen molar-refractivity contribution in [3.8, 4) is 0 Å². The average molecular weight is 315 g/mol. The average Bonchev–Trinajstić information content (AvgIpc) is 2.47. The molecule has 21 heavy (non-hydrogen) atoms. The van der Waals surface area contributed by atoms with E-state index in [9.17, 15) is 9.59 Å². The van der Waals surface area contributed by atoms with Gasteiger partial charge in [-0.15, -0.1) is 6.58 Å². The van der Waals surface area contributed by atoms with Gasteiger partial charge >= 0.3 is 0 Å². The van der Waals surface area contributed by atoms with Crippen LogP contribution in [0.5, 0.6) is 0 Å². The van der Waals surface area contributed by atoms with Gasteiger partial charge in [-0.2, -0.15) is 5.10 Å². The van der Waals surface area contributed by atoms with E-state index >= 15 is 0 Å². The van der Waals surface area contributed by atoms with Gasteiger partial charge in [-0.25, -0.2) is 4.68 Å². The topological polar surface area (TPSA) is 85.2 Å². The summed E-state index contributed by atoms with van der Waals surface area (Å²) in [5.41, 5.74) is 0.0118. The van der Waals surface area contributed by atoms with Crippen molar-refractivity contribution >= 4 is 23.2 Å². The number of hydrogen-bond donors (Lipinski definition) is 2. The zero-order chi connectivity index (χ0) is 15.7. The van der Waals surface area contributed by atoms with E-state index in [1.54, 1.807) is 13.2 Å². The van der Waals surface area contributed by atoms with Crippen molar-refractivity contribution in [2.75, 3.05) is 32.1 Å². The third-order valence-corrected chi connectivity index (χ3v) is 2.95. The number of carbonyl (C=O) groups is 1. The Labute approximate surface area is 127 Å². The molecule has 116 valence electrons. The number of anilines is 1. The molecule has 7 nitrogen and oxygen atoms in total. The summed E-state index contributed by atoms with van der Waals surface area (Å²) in [6, 6.07) is 0. The fourth-order valence-electron chi connectivity index (χ4n) is 1.53. The molecule has 0 saturated heterocycles. The second-order valence-electron chi connectivity index (χ2n) is 4.17. The Hall–Kier alpha value is -1.86. The molecule has 1 aromatic rings. The molecule has 0 spiro atoms. The Bertz CT molecular complexity index is 545. The molecular weight excluding hydrogens is 296 g/mol. The number of methoxy groups -OCH3 is 1. The maximum atomic E-state index is 11.8. The van der Waals surface area contributed by atoms with Gasteiger partial charge in [0.05, 0.1) is 25.0 Å². The fraction of sp³-hybridized carbons (Fsp3) is 0.462. The van der Waals surface area contributed by atoms with Crippen molar-refractivity contribution in [2.24, 2.45) is 0 Å². The Morgan fingerprint density at radius 2 is 2.33 bits per heavy atom. The Balaban J connectivity index is 2.49. The third kappa shape index (κ3) is 5.57. The lowest BCUT2D eigenvalue weighted by atomic mass is 10.3. The predicted octanol–water partition coefficient (Wildman–Crippen LogP) is 0.647. The highest BCUT2D eigenvalue weighted by Gasteiger charge is 2.08. The lowest BCUT2D eigenvalue weighted by Crippen LogP contribution is -2.29. The standard InChI is InChI=1S/C13H19ClN4O3/c1-3-7-18-13(20)12(14)10(9-17-18)15-5-4-11(19)16-6-8-21-2/h3,9,15H,1,4-8H2,2H3,(H,16,19). The van der Waals surface area contributed by atoms with Crippen LogP contribution in [0.2, 0.25) is 5.02 Å². The first-order valence-corrected chi connectivity index (χ1v) is 6.84. The molecule has 2 N–H and O–H groups in total. The van der Waals surface area contributed by atoms with Crippen molar-refractivity contribution in [2.45, 2.75) is 13.0 Å². The quantitative estimate of drug-likeness (QED) is 0.516. The van der Waals surface area contributed by atoms with E-state index < -0.39 is 5.56 Å². The maximum absolute atomic E-state index is 11.8. The molecule has 0 unspecified atom stereocenters. The second-order valence-corrected chi connectivity index (χ2v) is 4.55. The molecular formula is C13H19ClN4O3. The van der Waals surface area contributed by atoms with Gasteiger partial charge < -0.3 is 15.4 Å². The number of nitrogens with zero attached hydrogens (tertiary/aromatic N) is 2. The van der Waals surface area contributed by atoms with Crippen LogP contribution in [-0.4, -0.2) is 42.5 Å². The molecule has 1 rings (SSSR count). The van der Waals surface area contributed by atoms with Crippen molar-refractivity contribution in [1.82, 2.24) is 15.1 Å². The van der Waals surface area contributed by atoms with Gasteiger partial charge in [-0.3, -0.25) is 9.59 Å². The first-order valence-electron chi connectivity index (χ1n) is 6.46. The second kappa shape index (κ2) is 9.15.